The lowest BCUT2D eigenvalue weighted by Gasteiger charge is -2.23. The van der Waals surface area contributed by atoms with Crippen molar-refractivity contribution >= 4 is 29.4 Å². The Bertz CT molecular complexity index is 1330. The van der Waals surface area contributed by atoms with E-state index in [1.165, 1.54) is 0 Å². The maximum Gasteiger partial charge on any atom is 0.254 e. The first-order valence-electron chi connectivity index (χ1n) is 12.6. The molecule has 5 rings (SSSR count). The van der Waals surface area contributed by atoms with E-state index < -0.39 is 0 Å². The van der Waals surface area contributed by atoms with Crippen molar-refractivity contribution in [2.75, 3.05) is 32.2 Å². The molecule has 0 spiro atoms. The summed E-state index contributed by atoms with van der Waals surface area (Å²) >= 11 is 6.45. The fourth-order valence-electron chi connectivity index (χ4n) is 4.75. The number of ether oxygens (including phenoxy) is 2. The zero-order chi connectivity index (χ0) is 26.5. The molecule has 1 fully saturated rings. The molecule has 1 saturated heterocycles. The quantitative estimate of drug-likeness (QED) is 0.429. The number of hydrogen-bond acceptors (Lipinski definition) is 7. The molecule has 2 N–H and O–H groups in total. The maximum atomic E-state index is 13.2. The molecule has 0 saturated carbocycles. The molecule has 2 aliphatic heterocycles. The molecule has 2 aliphatic rings. The van der Waals surface area contributed by atoms with Crippen molar-refractivity contribution in [3.63, 3.8) is 0 Å². The molecular weight excluding hydrogens is 506 g/mol. The highest BCUT2D eigenvalue weighted by Crippen LogP contribution is 2.31. The van der Waals surface area contributed by atoms with E-state index in [0.29, 0.717) is 55.1 Å². The molecule has 1 aromatic heterocycles. The largest absolute Gasteiger partial charge is 0.381 e. The van der Waals surface area contributed by atoms with Gasteiger partial charge in [0.1, 0.15) is 6.54 Å². The summed E-state index contributed by atoms with van der Waals surface area (Å²) in [7, 11) is 1.64. The highest BCUT2D eigenvalue weighted by Gasteiger charge is 2.29. The fourth-order valence-corrected chi connectivity index (χ4v) is 4.95. The van der Waals surface area contributed by atoms with Crippen LogP contribution >= 0.6 is 11.6 Å². The Morgan fingerprint density at radius 3 is 2.76 bits per heavy atom. The van der Waals surface area contributed by atoms with Crippen molar-refractivity contribution in [2.24, 2.45) is 0 Å². The second kappa shape index (κ2) is 11.9. The summed E-state index contributed by atoms with van der Waals surface area (Å²) in [5.74, 6) is 0.0808. The Labute approximate surface area is 226 Å². The van der Waals surface area contributed by atoms with Gasteiger partial charge in [-0.3, -0.25) is 9.59 Å². The number of benzene rings is 2. The molecule has 38 heavy (non-hydrogen) atoms. The van der Waals surface area contributed by atoms with Crippen LogP contribution in [0.25, 0.3) is 11.3 Å². The van der Waals surface area contributed by atoms with E-state index in [1.807, 2.05) is 36.4 Å². The number of methoxy groups -OCH3 is 1. The van der Waals surface area contributed by atoms with E-state index in [9.17, 15) is 9.59 Å². The van der Waals surface area contributed by atoms with Gasteiger partial charge >= 0.3 is 0 Å². The molecule has 2 amide bonds. The first-order chi connectivity index (χ1) is 18.5. The number of hydrogen-bond donors (Lipinski definition) is 2. The number of halogens is 1. The minimum absolute atomic E-state index is 0.0251. The SMILES string of the molecule is COCc1ccccc1CNC(=O)CN1Cc2ccc(-c3nc(NC4CCOCC4)ncc3Cl)cc2C1=O. The number of fused-ring (bicyclic) bond motifs is 1. The number of anilines is 1. The van der Waals surface area contributed by atoms with Crippen LogP contribution in [0.5, 0.6) is 0 Å². The van der Waals surface area contributed by atoms with Gasteiger partial charge in [0.15, 0.2) is 0 Å². The normalized spacial score (nSPS) is 15.4. The smallest absolute Gasteiger partial charge is 0.254 e. The summed E-state index contributed by atoms with van der Waals surface area (Å²) in [6.07, 6.45) is 3.34. The molecule has 0 radical (unpaired) electrons. The summed E-state index contributed by atoms with van der Waals surface area (Å²) in [4.78, 5) is 36.4. The Hall–Kier alpha value is -3.53. The van der Waals surface area contributed by atoms with Crippen molar-refractivity contribution in [3.05, 3.63) is 75.9 Å². The lowest BCUT2D eigenvalue weighted by Crippen LogP contribution is -2.37. The minimum atomic E-state index is -0.221. The number of nitrogens with zero attached hydrogens (tertiary/aromatic N) is 3. The van der Waals surface area contributed by atoms with E-state index in [0.717, 1.165) is 35.1 Å². The van der Waals surface area contributed by atoms with Gasteiger partial charge in [0.05, 0.1) is 23.5 Å². The Morgan fingerprint density at radius 2 is 1.97 bits per heavy atom. The summed E-state index contributed by atoms with van der Waals surface area (Å²) < 4.78 is 10.6. The number of amides is 2. The second-order valence-electron chi connectivity index (χ2n) is 9.43. The monoisotopic (exact) mass is 535 g/mol. The standard InChI is InChI=1S/C28H30ClN5O4/c1-37-17-21-5-3-2-4-19(21)13-30-25(35)16-34-15-20-7-6-18(12-23(20)27(34)36)26-24(29)14-31-28(33-26)32-22-8-10-38-11-9-22/h2-7,12,14,22H,8-11,13,15-17H2,1H3,(H,30,35)(H,31,32,33). The summed E-state index contributed by atoms with van der Waals surface area (Å²) in [5, 5.41) is 6.67. The number of carbonyl (C=O) groups is 2. The second-order valence-corrected chi connectivity index (χ2v) is 9.84. The van der Waals surface area contributed by atoms with E-state index in [2.05, 4.69) is 20.6 Å². The van der Waals surface area contributed by atoms with Crippen molar-refractivity contribution in [3.8, 4) is 11.3 Å². The zero-order valence-corrected chi connectivity index (χ0v) is 22.0. The first kappa shape index (κ1) is 26.1. The third kappa shape index (κ3) is 5.96. The van der Waals surface area contributed by atoms with E-state index >= 15 is 0 Å². The molecule has 10 heteroatoms. The number of rotatable bonds is 9. The fraction of sp³-hybridized carbons (Fsp3) is 0.357. The molecule has 3 heterocycles. The third-order valence-electron chi connectivity index (χ3n) is 6.79. The number of aromatic nitrogens is 2. The van der Waals surface area contributed by atoms with E-state index in [-0.39, 0.29) is 24.4 Å². The van der Waals surface area contributed by atoms with Gasteiger partial charge in [0.2, 0.25) is 11.9 Å². The molecule has 0 atom stereocenters. The topological polar surface area (TPSA) is 106 Å². The number of nitrogens with one attached hydrogen (secondary N) is 2. The van der Waals surface area contributed by atoms with Gasteiger partial charge in [0.25, 0.3) is 5.91 Å². The van der Waals surface area contributed by atoms with Crippen LogP contribution < -0.4 is 10.6 Å². The highest BCUT2D eigenvalue weighted by molar-refractivity contribution is 6.33. The lowest BCUT2D eigenvalue weighted by molar-refractivity contribution is -0.122. The van der Waals surface area contributed by atoms with E-state index in [1.54, 1.807) is 24.3 Å². The van der Waals surface area contributed by atoms with Gasteiger partial charge in [-0.05, 0) is 35.6 Å². The average Bonchev–Trinajstić information content (AvgIpc) is 3.24. The van der Waals surface area contributed by atoms with Gasteiger partial charge in [-0.25, -0.2) is 9.97 Å². The molecular formula is C28H30ClN5O4. The third-order valence-corrected chi connectivity index (χ3v) is 7.07. The molecule has 3 aromatic rings. The Morgan fingerprint density at radius 1 is 1.18 bits per heavy atom. The van der Waals surface area contributed by atoms with Crippen molar-refractivity contribution in [1.29, 1.82) is 0 Å². The van der Waals surface area contributed by atoms with Crippen LogP contribution in [-0.2, 0) is 34.0 Å². The predicted molar refractivity (Wildman–Crippen MR) is 144 cm³/mol. The van der Waals surface area contributed by atoms with Crippen LogP contribution in [0, 0.1) is 0 Å². The van der Waals surface area contributed by atoms with Crippen molar-refractivity contribution < 1.29 is 19.1 Å². The minimum Gasteiger partial charge on any atom is -0.381 e. The van der Waals surface area contributed by atoms with Crippen LogP contribution in [0.3, 0.4) is 0 Å². The number of carbonyl (C=O) groups excluding carboxylic acids is 2. The molecule has 9 nitrogen and oxygen atoms in total. The lowest BCUT2D eigenvalue weighted by atomic mass is 10.0. The van der Waals surface area contributed by atoms with Crippen LogP contribution in [0.4, 0.5) is 5.95 Å². The average molecular weight is 536 g/mol. The van der Waals surface area contributed by atoms with Crippen LogP contribution in [0.1, 0.15) is 39.9 Å². The molecule has 2 aromatic carbocycles. The van der Waals surface area contributed by atoms with Crippen LogP contribution in [0.15, 0.2) is 48.7 Å². The molecule has 198 valence electrons. The Balaban J connectivity index is 1.24. The maximum absolute atomic E-state index is 13.2. The summed E-state index contributed by atoms with van der Waals surface area (Å²) in [5.41, 5.74) is 4.69. The van der Waals surface area contributed by atoms with Gasteiger partial charge < -0.3 is 25.0 Å². The molecule has 0 bridgehead atoms. The summed E-state index contributed by atoms with van der Waals surface area (Å²) in [6, 6.07) is 13.6. The van der Waals surface area contributed by atoms with Gasteiger partial charge in [-0.15, -0.1) is 0 Å². The van der Waals surface area contributed by atoms with Crippen molar-refractivity contribution in [2.45, 2.75) is 38.6 Å². The van der Waals surface area contributed by atoms with Crippen molar-refractivity contribution in [1.82, 2.24) is 20.2 Å². The molecule has 0 aliphatic carbocycles. The first-order valence-corrected chi connectivity index (χ1v) is 13.0. The van der Waals surface area contributed by atoms with Gasteiger partial charge in [0, 0.05) is 50.6 Å². The predicted octanol–water partition coefficient (Wildman–Crippen LogP) is 3.81. The van der Waals surface area contributed by atoms with Crippen LogP contribution in [0.2, 0.25) is 5.02 Å². The molecule has 0 unspecified atom stereocenters. The van der Waals surface area contributed by atoms with Crippen LogP contribution in [-0.4, -0.2) is 59.6 Å². The Kier molecular flexibility index (Phi) is 8.17. The summed E-state index contributed by atoms with van der Waals surface area (Å²) in [6.45, 7) is 2.60. The van der Waals surface area contributed by atoms with Gasteiger partial charge in [-0.2, -0.15) is 0 Å². The van der Waals surface area contributed by atoms with E-state index in [4.69, 9.17) is 21.1 Å². The highest BCUT2D eigenvalue weighted by atomic mass is 35.5. The van der Waals surface area contributed by atoms with Gasteiger partial charge in [-0.1, -0.05) is 48.0 Å². The zero-order valence-electron chi connectivity index (χ0n) is 21.2.